The first-order chi connectivity index (χ1) is 15.3. The molecule has 0 unspecified atom stereocenters. The molecule has 1 aliphatic rings. The van der Waals surface area contributed by atoms with Gasteiger partial charge in [0.2, 0.25) is 0 Å². The van der Waals surface area contributed by atoms with Crippen LogP contribution in [0.4, 0.5) is 0 Å². The van der Waals surface area contributed by atoms with Crippen molar-refractivity contribution in [3.63, 3.8) is 0 Å². The lowest BCUT2D eigenvalue weighted by Gasteiger charge is -2.32. The van der Waals surface area contributed by atoms with Crippen LogP contribution in [-0.2, 0) is 0 Å². The van der Waals surface area contributed by atoms with Crippen LogP contribution in [0.3, 0.4) is 0 Å². The minimum atomic E-state index is -1.60. The maximum Gasteiger partial charge on any atom is 0.115 e. The fourth-order valence-electron chi connectivity index (χ4n) is 4.79. The summed E-state index contributed by atoms with van der Waals surface area (Å²) < 4.78 is 0. The zero-order valence-corrected chi connectivity index (χ0v) is 18.7. The molecule has 1 N–H and O–H groups in total. The average Bonchev–Trinajstić information content (AvgIpc) is 3.38. The molecule has 0 radical (unpaired) electrons. The van der Waals surface area contributed by atoms with E-state index in [-0.39, 0.29) is 0 Å². The van der Waals surface area contributed by atoms with Crippen LogP contribution in [0.5, 0.6) is 5.75 Å². The molecule has 0 spiro atoms. The molecule has 5 rings (SSSR count). The molecular weight excluding hydrogens is 395 g/mol. The lowest BCUT2D eigenvalue weighted by atomic mass is 10.3. The van der Waals surface area contributed by atoms with Gasteiger partial charge in [0.25, 0.3) is 0 Å². The van der Waals surface area contributed by atoms with E-state index in [9.17, 15) is 0 Å². The van der Waals surface area contributed by atoms with E-state index >= 15 is 0 Å². The molecule has 1 fully saturated rings. The van der Waals surface area contributed by atoms with Gasteiger partial charge < -0.3 is 5.11 Å². The fraction of sp³-hybridized carbons (Fsp3) is 0.172. The smallest absolute Gasteiger partial charge is 0.115 e. The molecule has 1 nitrogen and oxygen atoms in total. The summed E-state index contributed by atoms with van der Waals surface area (Å²) in [6.07, 6.45) is 5.46. The number of para-hydroxylation sites is 1. The standard InChI is InChI=1S/C23H24P.C6H6O/c1-4-12-20(13-5-1)24(23-18-10-11-19-23,21-14-6-2-7-15-21)22-16-8-3-9-17-22;7-6-4-2-1-3-5-6/h1-9,12-17,23H,10-11,18-19H2;1-5,7H/q+1;. The summed E-state index contributed by atoms with van der Waals surface area (Å²) in [4.78, 5) is 0. The lowest BCUT2D eigenvalue weighted by Crippen LogP contribution is -2.37. The van der Waals surface area contributed by atoms with Crippen molar-refractivity contribution in [3.8, 4) is 5.75 Å². The topological polar surface area (TPSA) is 20.2 Å². The Balaban J connectivity index is 0.000000282. The van der Waals surface area contributed by atoms with E-state index in [0.29, 0.717) is 5.75 Å². The van der Waals surface area contributed by atoms with Gasteiger partial charge in [-0.05, 0) is 74.2 Å². The highest BCUT2D eigenvalue weighted by atomic mass is 31.2. The van der Waals surface area contributed by atoms with E-state index in [1.807, 2.05) is 6.07 Å². The first-order valence-electron chi connectivity index (χ1n) is 11.1. The lowest BCUT2D eigenvalue weighted by molar-refractivity contribution is 0.475. The average molecular weight is 426 g/mol. The quantitative estimate of drug-likeness (QED) is 0.380. The molecular formula is C29H30OP+. The van der Waals surface area contributed by atoms with Gasteiger partial charge in [-0.25, -0.2) is 0 Å². The number of rotatable bonds is 4. The zero-order valence-electron chi connectivity index (χ0n) is 17.8. The van der Waals surface area contributed by atoms with Crippen LogP contribution in [0.15, 0.2) is 121 Å². The van der Waals surface area contributed by atoms with Crippen molar-refractivity contribution >= 4 is 23.2 Å². The van der Waals surface area contributed by atoms with Crippen LogP contribution in [0.25, 0.3) is 0 Å². The van der Waals surface area contributed by atoms with Gasteiger partial charge in [-0.15, -0.1) is 0 Å². The zero-order chi connectivity index (χ0) is 21.4. The van der Waals surface area contributed by atoms with Crippen LogP contribution < -0.4 is 15.9 Å². The Morgan fingerprint density at radius 2 is 0.806 bits per heavy atom. The minimum absolute atomic E-state index is 0.322. The molecule has 0 aliphatic heterocycles. The molecule has 4 aromatic carbocycles. The molecule has 1 saturated carbocycles. The third kappa shape index (κ3) is 4.73. The number of phenolic OH excluding ortho intramolecular Hbond substituents is 1. The van der Waals surface area contributed by atoms with Crippen molar-refractivity contribution in [3.05, 3.63) is 121 Å². The van der Waals surface area contributed by atoms with E-state index in [1.54, 1.807) is 24.3 Å². The number of aromatic hydroxyl groups is 1. The van der Waals surface area contributed by atoms with E-state index in [2.05, 4.69) is 91.0 Å². The van der Waals surface area contributed by atoms with E-state index in [1.165, 1.54) is 41.6 Å². The number of hydrogen-bond donors (Lipinski definition) is 1. The van der Waals surface area contributed by atoms with Crippen molar-refractivity contribution < 1.29 is 5.11 Å². The Hall–Kier alpha value is -2.89. The van der Waals surface area contributed by atoms with Crippen LogP contribution >= 0.6 is 7.26 Å². The monoisotopic (exact) mass is 425 g/mol. The van der Waals surface area contributed by atoms with Crippen LogP contribution in [0.1, 0.15) is 25.7 Å². The highest BCUT2D eigenvalue weighted by Crippen LogP contribution is 2.63. The van der Waals surface area contributed by atoms with Crippen molar-refractivity contribution in [1.82, 2.24) is 0 Å². The van der Waals surface area contributed by atoms with Crippen molar-refractivity contribution in [2.45, 2.75) is 31.3 Å². The normalized spacial score (nSPS) is 13.9. The van der Waals surface area contributed by atoms with Gasteiger partial charge in [-0.1, -0.05) is 72.8 Å². The molecule has 2 heteroatoms. The van der Waals surface area contributed by atoms with Gasteiger partial charge in [0, 0.05) is 0 Å². The Bertz CT molecular complexity index is 930. The summed E-state index contributed by atoms with van der Waals surface area (Å²) in [7, 11) is -1.60. The largest absolute Gasteiger partial charge is 0.508 e. The summed E-state index contributed by atoms with van der Waals surface area (Å²) in [5, 5.41) is 13.2. The summed E-state index contributed by atoms with van der Waals surface area (Å²) in [5.74, 6) is 0.322. The van der Waals surface area contributed by atoms with Crippen LogP contribution in [-0.4, -0.2) is 10.8 Å². The molecule has 0 bridgehead atoms. The van der Waals surface area contributed by atoms with Gasteiger partial charge >= 0.3 is 0 Å². The molecule has 0 amide bonds. The molecule has 156 valence electrons. The Labute approximate surface area is 186 Å². The molecule has 4 aromatic rings. The first kappa shape index (κ1) is 21.3. The SMILES string of the molecule is Oc1ccccc1.c1ccc([P+](c2ccccc2)(c2ccccc2)C2CCCC2)cc1. The first-order valence-corrected chi connectivity index (χ1v) is 13.0. The van der Waals surface area contributed by atoms with Crippen LogP contribution in [0, 0.1) is 0 Å². The maximum atomic E-state index is 8.63. The third-order valence-electron chi connectivity index (χ3n) is 6.12. The fourth-order valence-corrected chi connectivity index (χ4v) is 10.0. The Morgan fingerprint density at radius 3 is 1.10 bits per heavy atom. The van der Waals surface area contributed by atoms with Crippen molar-refractivity contribution in [1.29, 1.82) is 0 Å². The summed E-state index contributed by atoms with van der Waals surface area (Å²) in [6.45, 7) is 0. The highest BCUT2D eigenvalue weighted by Gasteiger charge is 2.52. The summed E-state index contributed by atoms with van der Waals surface area (Å²) in [6, 6.07) is 42.6. The van der Waals surface area contributed by atoms with Gasteiger partial charge in [0.05, 0.1) is 5.66 Å². The number of hydrogen-bond acceptors (Lipinski definition) is 1. The Kier molecular flexibility index (Phi) is 7.18. The van der Waals surface area contributed by atoms with Crippen molar-refractivity contribution in [2.75, 3.05) is 0 Å². The van der Waals surface area contributed by atoms with E-state index in [4.69, 9.17) is 5.11 Å². The third-order valence-corrected chi connectivity index (χ3v) is 11.1. The van der Waals surface area contributed by atoms with Gasteiger partial charge in [0.15, 0.2) is 0 Å². The summed E-state index contributed by atoms with van der Waals surface area (Å²) >= 11 is 0. The van der Waals surface area contributed by atoms with Crippen molar-refractivity contribution in [2.24, 2.45) is 0 Å². The summed E-state index contributed by atoms with van der Waals surface area (Å²) in [5.41, 5.74) is 0.768. The molecule has 0 heterocycles. The second-order valence-electron chi connectivity index (χ2n) is 8.00. The second kappa shape index (κ2) is 10.4. The van der Waals surface area contributed by atoms with E-state index < -0.39 is 7.26 Å². The molecule has 0 atom stereocenters. The van der Waals surface area contributed by atoms with Gasteiger partial charge in [-0.2, -0.15) is 0 Å². The van der Waals surface area contributed by atoms with Crippen LogP contribution in [0.2, 0.25) is 0 Å². The predicted molar refractivity (Wildman–Crippen MR) is 136 cm³/mol. The Morgan fingerprint density at radius 1 is 0.484 bits per heavy atom. The molecule has 1 aliphatic carbocycles. The molecule has 31 heavy (non-hydrogen) atoms. The number of benzene rings is 4. The number of phenols is 1. The molecule has 0 saturated heterocycles. The second-order valence-corrected chi connectivity index (χ2v) is 11.7. The highest BCUT2D eigenvalue weighted by molar-refractivity contribution is 7.96. The maximum absolute atomic E-state index is 8.63. The minimum Gasteiger partial charge on any atom is -0.508 e. The molecule has 0 aromatic heterocycles. The predicted octanol–water partition coefficient (Wildman–Crippen LogP) is 6.32. The van der Waals surface area contributed by atoms with E-state index in [0.717, 1.165) is 5.66 Å². The van der Waals surface area contributed by atoms with Gasteiger partial charge in [0.1, 0.15) is 28.9 Å². The van der Waals surface area contributed by atoms with Gasteiger partial charge in [-0.3, -0.25) is 0 Å².